The number of aryl methyl sites for hydroxylation is 1. The highest BCUT2D eigenvalue weighted by molar-refractivity contribution is 5.99. The molecule has 1 fully saturated rings. The lowest BCUT2D eigenvalue weighted by atomic mass is 10.1. The maximum Gasteiger partial charge on any atom is 0.253 e. The summed E-state index contributed by atoms with van der Waals surface area (Å²) in [6.45, 7) is 3.95. The molecule has 2 rings (SSSR count). The van der Waals surface area contributed by atoms with Crippen LogP contribution in [0.4, 0.5) is 5.69 Å². The number of nitrogens with zero attached hydrogens (tertiary/aromatic N) is 1. The van der Waals surface area contributed by atoms with Crippen LogP contribution in [0.1, 0.15) is 35.2 Å². The molecule has 0 aliphatic carbocycles. The molecule has 1 aromatic rings. The minimum atomic E-state index is -0.222. The van der Waals surface area contributed by atoms with Crippen molar-refractivity contribution in [2.75, 3.05) is 25.4 Å². The van der Waals surface area contributed by atoms with E-state index in [2.05, 4.69) is 5.32 Å². The van der Waals surface area contributed by atoms with E-state index in [0.29, 0.717) is 24.2 Å². The summed E-state index contributed by atoms with van der Waals surface area (Å²) < 4.78 is 0. The second-order valence-electron chi connectivity index (χ2n) is 5.18. The maximum absolute atomic E-state index is 12.0. The van der Waals surface area contributed by atoms with Crippen LogP contribution in [0, 0.1) is 6.92 Å². The van der Waals surface area contributed by atoms with E-state index in [4.69, 9.17) is 5.73 Å². The van der Waals surface area contributed by atoms with Crippen LogP contribution in [0.15, 0.2) is 18.2 Å². The van der Waals surface area contributed by atoms with Crippen molar-refractivity contribution in [3.8, 4) is 0 Å². The van der Waals surface area contributed by atoms with Gasteiger partial charge in [-0.25, -0.2) is 0 Å². The number of nitrogens with two attached hydrogens (primary N) is 1. The summed E-state index contributed by atoms with van der Waals surface area (Å²) in [5.74, 6) is -0.111. The molecular formula is C15H21N3O2. The Morgan fingerprint density at radius 2 is 2.00 bits per heavy atom. The van der Waals surface area contributed by atoms with Crippen LogP contribution in [0.2, 0.25) is 0 Å². The highest BCUT2D eigenvalue weighted by atomic mass is 16.2. The molecule has 1 heterocycles. The van der Waals surface area contributed by atoms with E-state index >= 15 is 0 Å². The van der Waals surface area contributed by atoms with Crippen LogP contribution >= 0.6 is 0 Å². The van der Waals surface area contributed by atoms with Gasteiger partial charge in [0.2, 0.25) is 5.91 Å². The number of amides is 2. The smallest absolute Gasteiger partial charge is 0.253 e. The standard InChI is InChI=1S/C15H21N3O2/c1-11-4-5-13(16)12(10-11)15(20)17-7-6-14(19)18-8-2-3-9-18/h4-5,10H,2-3,6-9,16H2,1H3,(H,17,20). The number of rotatable bonds is 4. The normalized spacial score (nSPS) is 14.3. The third-order valence-electron chi connectivity index (χ3n) is 3.54. The number of carbonyl (C=O) groups is 2. The van der Waals surface area contributed by atoms with Crippen molar-refractivity contribution in [2.45, 2.75) is 26.2 Å². The van der Waals surface area contributed by atoms with Crippen LogP contribution in [-0.2, 0) is 4.79 Å². The Labute approximate surface area is 119 Å². The van der Waals surface area contributed by atoms with Crippen LogP contribution in [0.3, 0.4) is 0 Å². The van der Waals surface area contributed by atoms with Crippen molar-refractivity contribution in [1.82, 2.24) is 10.2 Å². The monoisotopic (exact) mass is 275 g/mol. The molecule has 5 nitrogen and oxygen atoms in total. The van der Waals surface area contributed by atoms with Gasteiger partial charge in [-0.3, -0.25) is 9.59 Å². The van der Waals surface area contributed by atoms with Gasteiger partial charge in [0.15, 0.2) is 0 Å². The van der Waals surface area contributed by atoms with Crippen molar-refractivity contribution in [2.24, 2.45) is 0 Å². The Balaban J connectivity index is 1.83. The van der Waals surface area contributed by atoms with E-state index in [1.807, 2.05) is 17.9 Å². The summed E-state index contributed by atoms with van der Waals surface area (Å²) in [5, 5.41) is 2.75. The minimum Gasteiger partial charge on any atom is -0.398 e. The fourth-order valence-electron chi connectivity index (χ4n) is 2.37. The molecule has 0 aromatic heterocycles. The topological polar surface area (TPSA) is 75.4 Å². The summed E-state index contributed by atoms with van der Waals surface area (Å²) in [5.41, 5.74) is 7.70. The molecule has 0 saturated carbocycles. The SMILES string of the molecule is Cc1ccc(N)c(C(=O)NCCC(=O)N2CCCC2)c1. The number of anilines is 1. The highest BCUT2D eigenvalue weighted by Gasteiger charge is 2.17. The number of likely N-dealkylation sites (tertiary alicyclic amines) is 1. The molecule has 0 bridgehead atoms. The van der Waals surface area contributed by atoms with E-state index in [1.165, 1.54) is 0 Å². The summed E-state index contributed by atoms with van der Waals surface area (Å²) >= 11 is 0. The highest BCUT2D eigenvalue weighted by Crippen LogP contribution is 2.13. The van der Waals surface area contributed by atoms with Crippen molar-refractivity contribution in [3.63, 3.8) is 0 Å². The van der Waals surface area contributed by atoms with Crippen LogP contribution in [-0.4, -0.2) is 36.3 Å². The van der Waals surface area contributed by atoms with Crippen LogP contribution in [0.25, 0.3) is 0 Å². The van der Waals surface area contributed by atoms with Crippen molar-refractivity contribution < 1.29 is 9.59 Å². The number of nitrogens with one attached hydrogen (secondary N) is 1. The zero-order valence-corrected chi connectivity index (χ0v) is 11.8. The molecule has 1 saturated heterocycles. The molecule has 3 N–H and O–H groups in total. The summed E-state index contributed by atoms with van der Waals surface area (Å²) in [6.07, 6.45) is 2.51. The number of hydrogen-bond donors (Lipinski definition) is 2. The molecule has 1 aliphatic heterocycles. The van der Waals surface area contributed by atoms with Crippen molar-refractivity contribution >= 4 is 17.5 Å². The minimum absolute atomic E-state index is 0.111. The van der Waals surface area contributed by atoms with Gasteiger partial charge in [-0.1, -0.05) is 11.6 Å². The molecule has 2 amide bonds. The lowest BCUT2D eigenvalue weighted by Crippen LogP contribution is -2.32. The van der Waals surface area contributed by atoms with Gasteiger partial charge in [-0.2, -0.15) is 0 Å². The predicted octanol–water partition coefficient (Wildman–Crippen LogP) is 1.32. The van der Waals surface area contributed by atoms with Gasteiger partial charge in [-0.15, -0.1) is 0 Å². The molecule has 0 atom stereocenters. The van der Waals surface area contributed by atoms with Crippen molar-refractivity contribution in [3.05, 3.63) is 29.3 Å². The van der Waals surface area contributed by atoms with Gasteiger partial charge in [0.25, 0.3) is 5.91 Å². The molecule has 0 radical (unpaired) electrons. The Bertz CT molecular complexity index is 508. The van der Waals surface area contributed by atoms with Gasteiger partial charge in [-0.05, 0) is 31.9 Å². The fraction of sp³-hybridized carbons (Fsp3) is 0.467. The Morgan fingerprint density at radius 1 is 1.30 bits per heavy atom. The Kier molecular flexibility index (Phi) is 4.61. The van der Waals surface area contributed by atoms with E-state index in [1.54, 1.807) is 12.1 Å². The predicted molar refractivity (Wildman–Crippen MR) is 78.4 cm³/mol. The Hall–Kier alpha value is -2.04. The number of carbonyl (C=O) groups excluding carboxylic acids is 2. The summed E-state index contributed by atoms with van der Waals surface area (Å²) in [6, 6.07) is 5.34. The first-order valence-electron chi connectivity index (χ1n) is 7.00. The first-order valence-corrected chi connectivity index (χ1v) is 7.00. The summed E-state index contributed by atoms with van der Waals surface area (Å²) in [7, 11) is 0. The number of benzene rings is 1. The zero-order chi connectivity index (χ0) is 14.5. The van der Waals surface area contributed by atoms with E-state index in [9.17, 15) is 9.59 Å². The van der Waals surface area contributed by atoms with E-state index in [-0.39, 0.29) is 11.8 Å². The molecular weight excluding hydrogens is 254 g/mol. The third kappa shape index (κ3) is 3.50. The van der Waals surface area contributed by atoms with Crippen molar-refractivity contribution in [1.29, 1.82) is 0 Å². The fourth-order valence-corrected chi connectivity index (χ4v) is 2.37. The first kappa shape index (κ1) is 14.4. The maximum atomic E-state index is 12.0. The molecule has 1 aromatic carbocycles. The molecule has 1 aliphatic rings. The molecule has 108 valence electrons. The van der Waals surface area contributed by atoms with Gasteiger partial charge >= 0.3 is 0 Å². The molecule has 0 unspecified atom stereocenters. The van der Waals surface area contributed by atoms with Gasteiger partial charge in [0.05, 0.1) is 5.56 Å². The second kappa shape index (κ2) is 6.41. The first-order chi connectivity index (χ1) is 9.58. The Morgan fingerprint density at radius 3 is 2.70 bits per heavy atom. The van der Waals surface area contributed by atoms with Gasteiger partial charge < -0.3 is 16.0 Å². The van der Waals surface area contributed by atoms with E-state index < -0.39 is 0 Å². The molecule has 5 heteroatoms. The summed E-state index contributed by atoms with van der Waals surface area (Å²) in [4.78, 5) is 25.7. The third-order valence-corrected chi connectivity index (χ3v) is 3.54. The second-order valence-corrected chi connectivity index (χ2v) is 5.18. The van der Waals surface area contributed by atoms with Gasteiger partial charge in [0, 0.05) is 31.7 Å². The van der Waals surface area contributed by atoms with Crippen LogP contribution in [0.5, 0.6) is 0 Å². The zero-order valence-electron chi connectivity index (χ0n) is 11.8. The van der Waals surface area contributed by atoms with Crippen LogP contribution < -0.4 is 11.1 Å². The quantitative estimate of drug-likeness (QED) is 0.814. The average molecular weight is 275 g/mol. The largest absolute Gasteiger partial charge is 0.398 e. The average Bonchev–Trinajstić information content (AvgIpc) is 2.95. The molecule has 20 heavy (non-hydrogen) atoms. The lowest BCUT2D eigenvalue weighted by molar-refractivity contribution is -0.129. The molecule has 0 spiro atoms. The van der Waals surface area contributed by atoms with E-state index in [0.717, 1.165) is 31.5 Å². The lowest BCUT2D eigenvalue weighted by Gasteiger charge is -2.15. The van der Waals surface area contributed by atoms with Gasteiger partial charge in [0.1, 0.15) is 0 Å². The number of hydrogen-bond acceptors (Lipinski definition) is 3. The number of nitrogen functional groups attached to an aromatic ring is 1.